The molecular formula is C25H17Cl2N3O4. The van der Waals surface area contributed by atoms with Crippen LogP contribution in [0.5, 0.6) is 0 Å². The number of barbiturate groups is 1. The van der Waals surface area contributed by atoms with Crippen molar-refractivity contribution in [2.45, 2.75) is 13.1 Å². The molecule has 9 heteroatoms. The topological polar surface area (TPSA) is 84.6 Å². The maximum absolute atomic E-state index is 13.1. The van der Waals surface area contributed by atoms with E-state index in [1.54, 1.807) is 24.3 Å². The van der Waals surface area contributed by atoms with Gasteiger partial charge in [-0.05, 0) is 42.0 Å². The standard InChI is InChI=1S/C25H17Cl2N3O4/c26-20-8-7-15(10-21(20)27)12-29-13-16(18-5-1-2-6-22(18)29)11-19-23(31)28-25(33)30(24(19)32)14-17-4-3-9-34-17/h1-11,13H,12,14H2,(H,28,31,33). The summed E-state index contributed by atoms with van der Waals surface area (Å²) in [7, 11) is 0. The first kappa shape index (κ1) is 22.0. The predicted octanol–water partition coefficient (Wildman–Crippen LogP) is 5.25. The lowest BCUT2D eigenvalue weighted by molar-refractivity contribution is -0.130. The SMILES string of the molecule is O=C1NC(=O)N(Cc2ccco2)C(=O)C1=Cc1cn(Cc2ccc(Cl)c(Cl)c2)c2ccccc12. The van der Waals surface area contributed by atoms with Crippen LogP contribution in [0.1, 0.15) is 16.9 Å². The molecule has 170 valence electrons. The minimum Gasteiger partial charge on any atom is -0.467 e. The first-order valence-corrected chi connectivity index (χ1v) is 11.1. The van der Waals surface area contributed by atoms with Gasteiger partial charge in [-0.3, -0.25) is 19.8 Å². The van der Waals surface area contributed by atoms with Crippen LogP contribution in [0.4, 0.5) is 4.79 Å². The Labute approximate surface area is 204 Å². The van der Waals surface area contributed by atoms with Gasteiger partial charge in [0.25, 0.3) is 11.8 Å². The fraction of sp³-hybridized carbons (Fsp3) is 0.0800. The molecule has 2 aromatic carbocycles. The Bertz CT molecular complexity index is 1470. The lowest BCUT2D eigenvalue weighted by Gasteiger charge is -2.25. The Morgan fingerprint density at radius 2 is 1.76 bits per heavy atom. The monoisotopic (exact) mass is 493 g/mol. The van der Waals surface area contributed by atoms with Gasteiger partial charge >= 0.3 is 6.03 Å². The quantitative estimate of drug-likeness (QED) is 0.303. The number of nitrogens with one attached hydrogen (secondary N) is 1. The van der Waals surface area contributed by atoms with Gasteiger partial charge in [-0.1, -0.05) is 47.5 Å². The number of para-hydroxylation sites is 1. The number of hydrogen-bond acceptors (Lipinski definition) is 4. The third-order valence-corrected chi connectivity index (χ3v) is 6.28. The lowest BCUT2D eigenvalue weighted by atomic mass is 10.1. The van der Waals surface area contributed by atoms with Crippen molar-refractivity contribution in [3.05, 3.63) is 99.6 Å². The second-order valence-corrected chi connectivity index (χ2v) is 8.58. The molecule has 3 heterocycles. The Hall–Kier alpha value is -3.81. The molecule has 34 heavy (non-hydrogen) atoms. The smallest absolute Gasteiger partial charge is 0.331 e. The molecule has 1 saturated heterocycles. The number of rotatable bonds is 5. The minimum atomic E-state index is -0.786. The van der Waals surface area contributed by atoms with E-state index in [1.165, 1.54) is 12.3 Å². The summed E-state index contributed by atoms with van der Waals surface area (Å²) in [5.41, 5.74) is 2.38. The summed E-state index contributed by atoms with van der Waals surface area (Å²) in [5.74, 6) is -1.01. The van der Waals surface area contributed by atoms with E-state index in [9.17, 15) is 14.4 Å². The van der Waals surface area contributed by atoms with Gasteiger partial charge in [-0.15, -0.1) is 0 Å². The summed E-state index contributed by atoms with van der Waals surface area (Å²) in [4.78, 5) is 38.9. The van der Waals surface area contributed by atoms with Gasteiger partial charge in [0.1, 0.15) is 11.3 Å². The number of benzene rings is 2. The van der Waals surface area contributed by atoms with Gasteiger partial charge in [0.15, 0.2) is 0 Å². The molecule has 1 N–H and O–H groups in total. The number of urea groups is 1. The van der Waals surface area contributed by atoms with Gasteiger partial charge in [-0.2, -0.15) is 0 Å². The average Bonchev–Trinajstić information content (AvgIpc) is 3.45. The van der Waals surface area contributed by atoms with Gasteiger partial charge in [0.05, 0.1) is 22.9 Å². The number of aromatic nitrogens is 1. The number of halogens is 2. The van der Waals surface area contributed by atoms with Crippen LogP contribution in [0, 0.1) is 0 Å². The molecular weight excluding hydrogens is 477 g/mol. The molecule has 0 radical (unpaired) electrons. The minimum absolute atomic E-state index is 0.0820. The van der Waals surface area contributed by atoms with Crippen LogP contribution in [0.25, 0.3) is 17.0 Å². The second kappa shape index (κ2) is 8.85. The van der Waals surface area contributed by atoms with E-state index < -0.39 is 17.8 Å². The van der Waals surface area contributed by atoms with Crippen molar-refractivity contribution in [3.8, 4) is 0 Å². The van der Waals surface area contributed by atoms with E-state index >= 15 is 0 Å². The molecule has 4 amide bonds. The maximum Gasteiger partial charge on any atom is 0.331 e. The number of amides is 4. The van der Waals surface area contributed by atoms with Crippen LogP contribution in [0.2, 0.25) is 10.0 Å². The van der Waals surface area contributed by atoms with Crippen molar-refractivity contribution in [1.29, 1.82) is 0 Å². The van der Waals surface area contributed by atoms with Gasteiger partial charge in [0, 0.05) is 29.2 Å². The van der Waals surface area contributed by atoms with Crippen LogP contribution < -0.4 is 5.32 Å². The van der Waals surface area contributed by atoms with Crippen LogP contribution in [0.15, 0.2) is 77.0 Å². The van der Waals surface area contributed by atoms with Gasteiger partial charge in [-0.25, -0.2) is 4.79 Å². The molecule has 0 spiro atoms. The number of nitrogens with zero attached hydrogens (tertiary/aromatic N) is 2. The number of fused-ring (bicyclic) bond motifs is 1. The summed E-state index contributed by atoms with van der Waals surface area (Å²) in [6.07, 6.45) is 4.81. The molecule has 5 rings (SSSR count). The summed E-state index contributed by atoms with van der Waals surface area (Å²) in [6, 6.07) is 15.6. The zero-order chi connectivity index (χ0) is 23.8. The molecule has 2 aromatic heterocycles. The maximum atomic E-state index is 13.1. The largest absolute Gasteiger partial charge is 0.467 e. The first-order chi connectivity index (χ1) is 16.4. The van der Waals surface area contributed by atoms with Gasteiger partial charge in [0.2, 0.25) is 0 Å². The van der Waals surface area contributed by atoms with Crippen molar-refractivity contribution in [1.82, 2.24) is 14.8 Å². The summed E-state index contributed by atoms with van der Waals surface area (Å²) < 4.78 is 7.25. The molecule has 1 aliphatic heterocycles. The number of carbonyl (C=O) groups is 3. The van der Waals surface area contributed by atoms with Crippen molar-refractivity contribution in [2.75, 3.05) is 0 Å². The molecule has 0 bridgehead atoms. The highest BCUT2D eigenvalue weighted by molar-refractivity contribution is 6.42. The Morgan fingerprint density at radius 3 is 2.53 bits per heavy atom. The van der Waals surface area contributed by atoms with E-state index in [0.29, 0.717) is 27.9 Å². The highest BCUT2D eigenvalue weighted by atomic mass is 35.5. The number of hydrogen-bond donors (Lipinski definition) is 1. The molecule has 7 nitrogen and oxygen atoms in total. The Balaban J connectivity index is 1.52. The number of carbonyl (C=O) groups excluding carboxylic acids is 3. The zero-order valence-corrected chi connectivity index (χ0v) is 19.1. The van der Waals surface area contributed by atoms with E-state index in [0.717, 1.165) is 21.4 Å². The van der Waals surface area contributed by atoms with Crippen LogP contribution in [-0.4, -0.2) is 27.3 Å². The number of furan rings is 1. The Morgan fingerprint density at radius 1 is 0.941 bits per heavy atom. The molecule has 1 fully saturated rings. The average molecular weight is 494 g/mol. The van der Waals surface area contributed by atoms with Crippen LogP contribution in [-0.2, 0) is 22.7 Å². The van der Waals surface area contributed by atoms with Crippen LogP contribution >= 0.6 is 23.2 Å². The van der Waals surface area contributed by atoms with E-state index in [2.05, 4.69) is 5.32 Å². The third-order valence-electron chi connectivity index (χ3n) is 5.54. The first-order valence-electron chi connectivity index (χ1n) is 10.3. The normalized spacial score (nSPS) is 15.4. The summed E-state index contributed by atoms with van der Waals surface area (Å²) in [5, 5.41) is 4.02. The van der Waals surface area contributed by atoms with E-state index in [1.807, 2.05) is 41.1 Å². The zero-order valence-electron chi connectivity index (χ0n) is 17.6. The highest BCUT2D eigenvalue weighted by Gasteiger charge is 2.36. The predicted molar refractivity (Wildman–Crippen MR) is 128 cm³/mol. The van der Waals surface area contributed by atoms with Crippen molar-refractivity contribution in [3.63, 3.8) is 0 Å². The van der Waals surface area contributed by atoms with Crippen molar-refractivity contribution >= 4 is 58.0 Å². The fourth-order valence-electron chi connectivity index (χ4n) is 3.91. The molecule has 1 aliphatic rings. The van der Waals surface area contributed by atoms with Gasteiger partial charge < -0.3 is 8.98 Å². The molecule has 0 unspecified atom stereocenters. The fourth-order valence-corrected chi connectivity index (χ4v) is 4.23. The lowest BCUT2D eigenvalue weighted by Crippen LogP contribution is -2.53. The summed E-state index contributed by atoms with van der Waals surface area (Å²) >= 11 is 12.2. The number of imide groups is 2. The van der Waals surface area contributed by atoms with E-state index in [4.69, 9.17) is 27.6 Å². The molecule has 0 atom stereocenters. The Kier molecular flexibility index (Phi) is 5.73. The molecule has 4 aromatic rings. The van der Waals surface area contributed by atoms with E-state index in [-0.39, 0.29) is 12.1 Å². The second-order valence-electron chi connectivity index (χ2n) is 7.77. The molecule has 0 aliphatic carbocycles. The third kappa shape index (κ3) is 4.11. The molecule has 0 saturated carbocycles. The summed E-state index contributed by atoms with van der Waals surface area (Å²) in [6.45, 7) is 0.422. The van der Waals surface area contributed by atoms with Crippen LogP contribution in [0.3, 0.4) is 0 Å². The van der Waals surface area contributed by atoms with Crippen molar-refractivity contribution < 1.29 is 18.8 Å². The van der Waals surface area contributed by atoms with Crippen molar-refractivity contribution in [2.24, 2.45) is 0 Å². The highest BCUT2D eigenvalue weighted by Crippen LogP contribution is 2.28.